The number of aromatic hydroxyl groups is 2. The maximum Gasteiger partial charge on any atom is 0.415 e. The van der Waals surface area contributed by atoms with Crippen molar-refractivity contribution in [1.82, 2.24) is 33.8 Å². The average molecular weight is 872 g/mol. The van der Waals surface area contributed by atoms with Gasteiger partial charge in [-0.2, -0.15) is 5.10 Å². The van der Waals surface area contributed by atoms with Crippen molar-refractivity contribution in [3.63, 3.8) is 0 Å². The zero-order valence-corrected chi connectivity index (χ0v) is 36.1. The van der Waals surface area contributed by atoms with Crippen molar-refractivity contribution in [3.05, 3.63) is 116 Å². The molecule has 6 heterocycles. The number of aromatic amines is 1. The number of hydrogen-bond acceptors (Lipinski definition) is 12. The second kappa shape index (κ2) is 16.4. The maximum atomic E-state index is 13.7. The van der Waals surface area contributed by atoms with E-state index >= 15 is 0 Å². The van der Waals surface area contributed by atoms with Gasteiger partial charge in [-0.25, -0.2) is 24.2 Å². The lowest BCUT2D eigenvalue weighted by Gasteiger charge is -2.37. The van der Waals surface area contributed by atoms with Crippen LogP contribution in [0.1, 0.15) is 67.9 Å². The number of ether oxygens (including phenoxy) is 3. The molecule has 0 fully saturated rings. The largest absolute Gasteiger partial charge is 0.508 e. The molecule has 2 aliphatic rings. The van der Waals surface area contributed by atoms with Gasteiger partial charge in [-0.1, -0.05) is 27.7 Å². The lowest BCUT2D eigenvalue weighted by Crippen LogP contribution is -2.47. The van der Waals surface area contributed by atoms with Crippen LogP contribution in [0, 0.1) is 0 Å². The second-order valence-corrected chi connectivity index (χ2v) is 16.6. The van der Waals surface area contributed by atoms with Gasteiger partial charge in [0.15, 0.2) is 12.1 Å². The molecule has 4 aromatic heterocycles. The lowest BCUT2D eigenvalue weighted by atomic mass is 9.85. The quantitative estimate of drug-likeness (QED) is 0.0947. The summed E-state index contributed by atoms with van der Waals surface area (Å²) >= 11 is 0. The number of H-pyrrole nitrogens is 1. The monoisotopic (exact) mass is 871 g/mol. The third-order valence-corrected chi connectivity index (χ3v) is 12.5. The van der Waals surface area contributed by atoms with Crippen molar-refractivity contribution in [3.8, 4) is 45.7 Å². The van der Waals surface area contributed by atoms with E-state index in [9.17, 15) is 34.8 Å². The number of aromatic nitrogens is 6. The predicted octanol–water partition coefficient (Wildman–Crippen LogP) is 5.61. The minimum absolute atomic E-state index is 0.0287. The molecular weight excluding hydrogens is 823 g/mol. The Morgan fingerprint density at radius 3 is 2.61 bits per heavy atom. The van der Waals surface area contributed by atoms with Gasteiger partial charge in [0.2, 0.25) is 0 Å². The first-order chi connectivity index (χ1) is 30.7. The molecule has 17 heteroatoms. The molecule has 332 valence electrons. The van der Waals surface area contributed by atoms with E-state index in [1.54, 1.807) is 54.9 Å². The topological polar surface area (TPSA) is 219 Å². The van der Waals surface area contributed by atoms with E-state index in [0.29, 0.717) is 70.2 Å². The summed E-state index contributed by atoms with van der Waals surface area (Å²) < 4.78 is 22.2. The molecule has 0 spiro atoms. The molecule has 0 saturated carbocycles. The molecular formula is C47H49N7O10. The minimum Gasteiger partial charge on any atom is -0.508 e. The number of likely N-dealkylation sites (N-methyl/N-ethyl adjacent to an activating group) is 1. The van der Waals surface area contributed by atoms with Crippen LogP contribution >= 0.6 is 0 Å². The average Bonchev–Trinajstić information content (AvgIpc) is 3.98. The number of pyridine rings is 2. The molecule has 0 aliphatic carbocycles. The summed E-state index contributed by atoms with van der Waals surface area (Å²) in [7, 11) is 1.64. The van der Waals surface area contributed by atoms with Crippen molar-refractivity contribution in [2.75, 3.05) is 26.8 Å². The number of amides is 1. The number of hydrogen-bond donors (Lipinski definition) is 5. The molecule has 0 bridgehead atoms. The molecule has 5 N–H and O–H groups in total. The Labute approximate surface area is 366 Å². The van der Waals surface area contributed by atoms with E-state index in [2.05, 4.69) is 10.2 Å². The van der Waals surface area contributed by atoms with Crippen molar-refractivity contribution >= 4 is 27.9 Å². The Kier molecular flexibility index (Phi) is 10.9. The van der Waals surface area contributed by atoms with Gasteiger partial charge in [-0.3, -0.25) is 4.79 Å². The van der Waals surface area contributed by atoms with Crippen LogP contribution in [-0.2, 0) is 41.2 Å². The third kappa shape index (κ3) is 7.10. The number of carbonyl (C=O) groups is 1. The van der Waals surface area contributed by atoms with E-state index in [1.807, 2.05) is 49.7 Å². The number of benzene rings is 3. The Bertz CT molecular complexity index is 3110. The van der Waals surface area contributed by atoms with E-state index < -0.39 is 23.7 Å². The molecule has 17 nitrogen and oxygen atoms in total. The fourth-order valence-corrected chi connectivity index (χ4v) is 8.93. The van der Waals surface area contributed by atoms with Gasteiger partial charge in [0, 0.05) is 65.4 Å². The number of phenolic OH excluding ortho intramolecular Hbond substituents is 2. The number of nitrogens with zero attached hydrogens (tertiary/aromatic N) is 6. The van der Waals surface area contributed by atoms with Crippen LogP contribution in [0.15, 0.2) is 76.4 Å². The van der Waals surface area contributed by atoms with Crippen molar-refractivity contribution in [2.24, 2.45) is 0 Å². The van der Waals surface area contributed by atoms with Gasteiger partial charge < -0.3 is 48.7 Å². The second-order valence-electron chi connectivity index (χ2n) is 16.6. The highest BCUT2D eigenvalue weighted by atomic mass is 16.6. The van der Waals surface area contributed by atoms with Crippen LogP contribution in [-0.4, -0.2) is 93.4 Å². The summed E-state index contributed by atoms with van der Waals surface area (Å²) in [5.74, 6) is 0.300. The molecule has 1 amide bonds. The molecule has 3 aromatic carbocycles. The Morgan fingerprint density at radius 1 is 1.03 bits per heavy atom. The van der Waals surface area contributed by atoms with Crippen molar-refractivity contribution < 1.29 is 39.4 Å². The summed E-state index contributed by atoms with van der Waals surface area (Å²) in [6.45, 7) is 9.21. The van der Waals surface area contributed by atoms with Gasteiger partial charge >= 0.3 is 11.8 Å². The molecule has 2 unspecified atom stereocenters. The number of phenols is 2. The molecule has 2 aliphatic heterocycles. The van der Waals surface area contributed by atoms with Crippen LogP contribution in [0.25, 0.3) is 50.3 Å². The molecule has 0 saturated heterocycles. The molecule has 7 aromatic rings. The lowest BCUT2D eigenvalue weighted by molar-refractivity contribution is -0.236. The van der Waals surface area contributed by atoms with Crippen LogP contribution in [0.2, 0.25) is 0 Å². The smallest absolute Gasteiger partial charge is 0.415 e. The van der Waals surface area contributed by atoms with Crippen LogP contribution in [0.4, 0.5) is 4.79 Å². The zero-order valence-electron chi connectivity index (χ0n) is 36.1. The van der Waals surface area contributed by atoms with Crippen LogP contribution < -0.4 is 16.0 Å². The molecule has 64 heavy (non-hydrogen) atoms. The Balaban J connectivity index is 0.830. The standard InChI is InChI=1S/C47H49N7O10/c1-6-29-31-19-28(9-10-36(31)48-41-33(29)23-53-38(41)21-35-34(43(53)57)24-63-44(58)47(35,61)7-2)64-46(60)51(5)14-16-62-17-15-52-13-12-26-18-27(8-11-37(26)52)54-42(49-50-45(54)59)32-20-30(25(3)4)39(55)22-40(32)56/h8-13,18-22,25,44,55-56,58,61H,6-7,14-17,23-24H2,1-5H3,(H,50,59). The Hall–Kier alpha value is -6.79. The summed E-state index contributed by atoms with van der Waals surface area (Å²) in [5, 5.41) is 51.2. The van der Waals surface area contributed by atoms with Gasteiger partial charge in [0.25, 0.3) is 5.56 Å². The fourth-order valence-electron chi connectivity index (χ4n) is 8.93. The SMILES string of the molecule is CCc1c2c(nc3ccc(OC(=O)N(C)CCOCCn4ccc5cc(-n6c(-c7cc(C(C)C)c(O)cc7O)n[nH]c6=O)ccc54)cc13)-c1cc3c(c(=O)n1C2)COC(O)C3(O)CC. The predicted molar refractivity (Wildman–Crippen MR) is 237 cm³/mol. The highest BCUT2D eigenvalue weighted by Gasteiger charge is 2.44. The van der Waals surface area contributed by atoms with Gasteiger partial charge in [0.1, 0.15) is 22.8 Å². The number of nitrogens with one attached hydrogen (secondary N) is 1. The van der Waals surface area contributed by atoms with Gasteiger partial charge in [0.05, 0.1) is 54.5 Å². The molecule has 0 radical (unpaired) electrons. The normalized spacial score (nSPS) is 16.7. The first kappa shape index (κ1) is 42.5. The third-order valence-electron chi connectivity index (χ3n) is 12.5. The number of aliphatic hydroxyl groups excluding tert-OH is 1. The van der Waals surface area contributed by atoms with Crippen molar-refractivity contribution in [2.45, 2.75) is 78.0 Å². The number of aliphatic hydroxyl groups is 2. The summed E-state index contributed by atoms with van der Waals surface area (Å²) in [6, 6.07) is 17.4. The molecule has 9 rings (SSSR count). The highest BCUT2D eigenvalue weighted by molar-refractivity contribution is 5.90. The first-order valence-electron chi connectivity index (χ1n) is 21.3. The highest BCUT2D eigenvalue weighted by Crippen LogP contribution is 2.42. The number of fused-ring (bicyclic) bond motifs is 6. The maximum absolute atomic E-state index is 13.7. The zero-order chi connectivity index (χ0) is 45.2. The van der Waals surface area contributed by atoms with Crippen LogP contribution in [0.3, 0.4) is 0 Å². The van der Waals surface area contributed by atoms with Crippen LogP contribution in [0.5, 0.6) is 17.2 Å². The minimum atomic E-state index is -1.72. The number of aryl methyl sites for hydroxylation is 1. The van der Waals surface area contributed by atoms with E-state index in [-0.39, 0.29) is 61.5 Å². The fraction of sp³-hybridized carbons (Fsp3) is 0.340. The van der Waals surface area contributed by atoms with E-state index in [1.165, 1.54) is 15.5 Å². The van der Waals surface area contributed by atoms with Crippen molar-refractivity contribution in [1.29, 1.82) is 0 Å². The first-order valence-corrected chi connectivity index (χ1v) is 21.3. The number of carbonyl (C=O) groups excluding carboxylic acids is 1. The van der Waals surface area contributed by atoms with Gasteiger partial charge in [-0.05, 0) is 84.5 Å². The van der Waals surface area contributed by atoms with E-state index in [0.717, 1.165) is 27.4 Å². The summed E-state index contributed by atoms with van der Waals surface area (Å²) in [6.07, 6.45) is 0.696. The van der Waals surface area contributed by atoms with Gasteiger partial charge in [-0.15, -0.1) is 0 Å². The summed E-state index contributed by atoms with van der Waals surface area (Å²) in [5.41, 5.74) is 4.30. The number of rotatable bonds is 12. The molecule has 2 atom stereocenters. The summed E-state index contributed by atoms with van der Waals surface area (Å²) in [4.78, 5) is 46.3. The Morgan fingerprint density at radius 2 is 1.84 bits per heavy atom. The van der Waals surface area contributed by atoms with E-state index in [4.69, 9.17) is 19.2 Å².